The van der Waals surface area contributed by atoms with Gasteiger partial charge in [0.15, 0.2) is 0 Å². The van der Waals surface area contributed by atoms with E-state index < -0.39 is 12.0 Å². The Balaban J connectivity index is 2.06. The highest BCUT2D eigenvalue weighted by molar-refractivity contribution is 5.96. The number of amides is 1. The van der Waals surface area contributed by atoms with E-state index in [1.807, 2.05) is 30.3 Å². The lowest BCUT2D eigenvalue weighted by atomic mass is 10.1. The zero-order chi connectivity index (χ0) is 14.8. The van der Waals surface area contributed by atoms with Crippen LogP contribution in [0.25, 0.3) is 10.8 Å². The molecule has 6 heteroatoms. The van der Waals surface area contributed by atoms with Crippen LogP contribution in [0.1, 0.15) is 6.42 Å². The summed E-state index contributed by atoms with van der Waals surface area (Å²) < 4.78 is 0. The summed E-state index contributed by atoms with van der Waals surface area (Å²) >= 11 is 0. The topological polar surface area (TPSA) is 82.5 Å². The molecule has 1 saturated heterocycles. The molecule has 1 aromatic carbocycles. The molecule has 108 valence electrons. The molecule has 3 rings (SSSR count). The third-order valence-corrected chi connectivity index (χ3v) is 3.62. The number of aliphatic carboxylic acids is 1. The van der Waals surface area contributed by atoms with Crippen LogP contribution >= 0.6 is 0 Å². The van der Waals surface area contributed by atoms with Crippen molar-refractivity contribution < 1.29 is 14.7 Å². The fourth-order valence-corrected chi connectivity index (χ4v) is 2.67. The molecule has 0 saturated carbocycles. The molecule has 2 aromatic rings. The van der Waals surface area contributed by atoms with Gasteiger partial charge < -0.3 is 15.3 Å². The maximum Gasteiger partial charge on any atom is 0.305 e. The first kappa shape index (κ1) is 13.4. The number of benzene rings is 1. The third kappa shape index (κ3) is 2.52. The summed E-state index contributed by atoms with van der Waals surface area (Å²) in [6, 6.07) is 8.91. The fraction of sp³-hybridized carbons (Fsp3) is 0.267. The second-order valence-electron chi connectivity index (χ2n) is 4.95. The molecule has 1 amide bonds. The number of piperazine rings is 1. The van der Waals surface area contributed by atoms with E-state index in [0.29, 0.717) is 18.9 Å². The average molecular weight is 285 g/mol. The van der Waals surface area contributed by atoms with Crippen LogP contribution in [0.4, 0.5) is 5.82 Å². The van der Waals surface area contributed by atoms with Crippen LogP contribution in [-0.2, 0) is 9.59 Å². The van der Waals surface area contributed by atoms with Gasteiger partial charge in [-0.15, -0.1) is 0 Å². The molecule has 0 bridgehead atoms. The maximum absolute atomic E-state index is 12.0. The molecule has 0 spiro atoms. The van der Waals surface area contributed by atoms with Crippen molar-refractivity contribution in [2.45, 2.75) is 12.5 Å². The lowest BCUT2D eigenvalue weighted by Gasteiger charge is -2.35. The number of pyridine rings is 1. The van der Waals surface area contributed by atoms with Crippen LogP contribution in [0, 0.1) is 0 Å². The van der Waals surface area contributed by atoms with E-state index in [1.54, 1.807) is 11.1 Å². The van der Waals surface area contributed by atoms with Crippen molar-refractivity contribution >= 4 is 28.5 Å². The van der Waals surface area contributed by atoms with Gasteiger partial charge in [0.05, 0.1) is 6.42 Å². The van der Waals surface area contributed by atoms with Crippen molar-refractivity contribution in [3.63, 3.8) is 0 Å². The number of rotatable bonds is 3. The van der Waals surface area contributed by atoms with Gasteiger partial charge in [0.1, 0.15) is 11.9 Å². The van der Waals surface area contributed by atoms with Crippen molar-refractivity contribution in [3.8, 4) is 0 Å². The summed E-state index contributed by atoms with van der Waals surface area (Å²) in [5.41, 5.74) is 0. The summed E-state index contributed by atoms with van der Waals surface area (Å²) in [6.45, 7) is 1.03. The van der Waals surface area contributed by atoms with Crippen LogP contribution in [0.2, 0.25) is 0 Å². The minimum atomic E-state index is -0.998. The van der Waals surface area contributed by atoms with Gasteiger partial charge >= 0.3 is 5.97 Å². The minimum absolute atomic E-state index is 0.239. The average Bonchev–Trinajstić information content (AvgIpc) is 2.48. The first-order valence-corrected chi connectivity index (χ1v) is 6.77. The third-order valence-electron chi connectivity index (χ3n) is 3.62. The van der Waals surface area contributed by atoms with Crippen LogP contribution in [0.15, 0.2) is 36.5 Å². The first-order valence-electron chi connectivity index (χ1n) is 6.77. The number of hydrogen-bond acceptors (Lipinski definition) is 4. The molecule has 2 heterocycles. The molecule has 1 aromatic heterocycles. The number of fused-ring (bicyclic) bond motifs is 1. The quantitative estimate of drug-likeness (QED) is 0.879. The van der Waals surface area contributed by atoms with E-state index in [9.17, 15) is 9.59 Å². The highest BCUT2D eigenvalue weighted by Crippen LogP contribution is 2.27. The van der Waals surface area contributed by atoms with Gasteiger partial charge in [0, 0.05) is 24.7 Å². The van der Waals surface area contributed by atoms with E-state index in [4.69, 9.17) is 5.11 Å². The molecule has 1 unspecified atom stereocenters. The Labute approximate surface area is 121 Å². The number of nitrogens with one attached hydrogen (secondary N) is 1. The van der Waals surface area contributed by atoms with Gasteiger partial charge in [-0.2, -0.15) is 0 Å². The molecule has 6 nitrogen and oxygen atoms in total. The normalized spacial score (nSPS) is 18.6. The minimum Gasteiger partial charge on any atom is -0.481 e. The molecule has 1 aliphatic heterocycles. The second-order valence-corrected chi connectivity index (χ2v) is 4.95. The summed E-state index contributed by atoms with van der Waals surface area (Å²) in [5.74, 6) is -0.602. The number of carboxylic acid groups (broad SMARTS) is 1. The SMILES string of the molecule is O=C(O)CC1C(=O)NCCN1c1nccc2ccccc12. The summed E-state index contributed by atoms with van der Waals surface area (Å²) in [7, 11) is 0. The number of anilines is 1. The van der Waals surface area contributed by atoms with Crippen molar-refractivity contribution in [1.82, 2.24) is 10.3 Å². The number of nitrogens with zero attached hydrogens (tertiary/aromatic N) is 2. The van der Waals surface area contributed by atoms with Gasteiger partial charge in [-0.05, 0) is 11.5 Å². The molecular weight excluding hydrogens is 270 g/mol. The smallest absolute Gasteiger partial charge is 0.305 e. The number of carbonyl (C=O) groups excluding carboxylic acids is 1. The highest BCUT2D eigenvalue weighted by Gasteiger charge is 2.33. The van der Waals surface area contributed by atoms with Crippen molar-refractivity contribution in [2.75, 3.05) is 18.0 Å². The van der Waals surface area contributed by atoms with E-state index in [0.717, 1.165) is 10.8 Å². The Bertz CT molecular complexity index is 696. The molecule has 0 aliphatic carbocycles. The van der Waals surface area contributed by atoms with Gasteiger partial charge in [-0.3, -0.25) is 9.59 Å². The number of carbonyl (C=O) groups is 2. The van der Waals surface area contributed by atoms with Crippen LogP contribution < -0.4 is 10.2 Å². The van der Waals surface area contributed by atoms with E-state index in [1.165, 1.54) is 0 Å². The van der Waals surface area contributed by atoms with Crippen LogP contribution in [0.3, 0.4) is 0 Å². The van der Waals surface area contributed by atoms with Gasteiger partial charge in [-0.1, -0.05) is 24.3 Å². The highest BCUT2D eigenvalue weighted by atomic mass is 16.4. The Morgan fingerprint density at radius 3 is 3.00 bits per heavy atom. The van der Waals surface area contributed by atoms with E-state index in [-0.39, 0.29) is 12.3 Å². The molecule has 0 radical (unpaired) electrons. The molecule has 2 N–H and O–H groups in total. The second kappa shape index (κ2) is 5.40. The number of aromatic nitrogens is 1. The molecule has 1 aliphatic rings. The van der Waals surface area contributed by atoms with E-state index in [2.05, 4.69) is 10.3 Å². The monoisotopic (exact) mass is 285 g/mol. The Kier molecular flexibility index (Phi) is 3.43. The zero-order valence-electron chi connectivity index (χ0n) is 11.3. The molecule has 1 atom stereocenters. The van der Waals surface area contributed by atoms with Crippen molar-refractivity contribution in [1.29, 1.82) is 0 Å². The van der Waals surface area contributed by atoms with Gasteiger partial charge in [0.2, 0.25) is 5.91 Å². The van der Waals surface area contributed by atoms with E-state index >= 15 is 0 Å². The summed E-state index contributed by atoms with van der Waals surface area (Å²) in [5, 5.41) is 13.7. The van der Waals surface area contributed by atoms with Crippen LogP contribution in [-0.4, -0.2) is 41.1 Å². The predicted molar refractivity (Wildman–Crippen MR) is 78.1 cm³/mol. The Morgan fingerprint density at radius 2 is 2.19 bits per heavy atom. The Hall–Kier alpha value is -2.63. The first-order chi connectivity index (χ1) is 10.2. The van der Waals surface area contributed by atoms with Crippen molar-refractivity contribution in [2.24, 2.45) is 0 Å². The van der Waals surface area contributed by atoms with Crippen molar-refractivity contribution in [3.05, 3.63) is 36.5 Å². The number of carboxylic acids is 1. The standard InChI is InChI=1S/C15H15N3O3/c19-13(20)9-12-15(21)17-7-8-18(12)14-11-4-2-1-3-10(11)5-6-16-14/h1-6,12H,7-9H2,(H,17,21)(H,19,20). The number of hydrogen-bond donors (Lipinski definition) is 2. The maximum atomic E-state index is 12.0. The lowest BCUT2D eigenvalue weighted by Crippen LogP contribution is -2.56. The van der Waals surface area contributed by atoms with Gasteiger partial charge in [0.25, 0.3) is 0 Å². The fourth-order valence-electron chi connectivity index (χ4n) is 2.67. The zero-order valence-corrected chi connectivity index (χ0v) is 11.3. The predicted octanol–water partition coefficient (Wildman–Crippen LogP) is 1.01. The summed E-state index contributed by atoms with van der Waals surface area (Å²) in [6.07, 6.45) is 1.44. The van der Waals surface area contributed by atoms with Crippen LogP contribution in [0.5, 0.6) is 0 Å². The molecular formula is C15H15N3O3. The molecule has 21 heavy (non-hydrogen) atoms. The Morgan fingerprint density at radius 1 is 1.38 bits per heavy atom. The lowest BCUT2D eigenvalue weighted by molar-refractivity contribution is -0.139. The summed E-state index contributed by atoms with van der Waals surface area (Å²) in [4.78, 5) is 29.2. The van der Waals surface area contributed by atoms with Gasteiger partial charge in [-0.25, -0.2) is 4.98 Å². The molecule has 1 fully saturated rings. The largest absolute Gasteiger partial charge is 0.481 e.